The van der Waals surface area contributed by atoms with E-state index in [1.807, 2.05) is 12.1 Å². The van der Waals surface area contributed by atoms with Crippen molar-refractivity contribution < 1.29 is 4.39 Å². The second kappa shape index (κ2) is 5.49. The van der Waals surface area contributed by atoms with E-state index < -0.39 is 0 Å². The molecule has 0 bridgehead atoms. The van der Waals surface area contributed by atoms with Crippen molar-refractivity contribution in [2.45, 2.75) is 38.5 Å². The van der Waals surface area contributed by atoms with Gasteiger partial charge in [-0.15, -0.1) is 0 Å². The van der Waals surface area contributed by atoms with Gasteiger partial charge in [0.25, 0.3) is 0 Å². The van der Waals surface area contributed by atoms with Gasteiger partial charge in [-0.25, -0.2) is 14.4 Å². The molecule has 1 aliphatic carbocycles. The third-order valence-electron chi connectivity index (χ3n) is 3.92. The summed E-state index contributed by atoms with van der Waals surface area (Å²) in [6, 6.07) is 6.89. The predicted octanol–water partition coefficient (Wildman–Crippen LogP) is 4.90. The molecule has 0 atom stereocenters. The molecule has 0 N–H and O–H groups in total. The van der Waals surface area contributed by atoms with Gasteiger partial charge >= 0.3 is 0 Å². The first-order valence-electron chi connectivity index (χ1n) is 6.94. The Bertz CT molecular complexity index is 636. The van der Waals surface area contributed by atoms with Crippen LogP contribution in [0, 0.1) is 12.7 Å². The molecule has 2 aromatic rings. The fourth-order valence-corrected chi connectivity index (χ4v) is 2.92. The number of rotatable bonds is 2. The summed E-state index contributed by atoms with van der Waals surface area (Å²) >= 11 is 6.10. The molecule has 0 radical (unpaired) electrons. The molecule has 0 spiro atoms. The van der Waals surface area contributed by atoms with Gasteiger partial charge in [0.1, 0.15) is 11.0 Å². The third-order valence-corrected chi connectivity index (χ3v) is 4.11. The summed E-state index contributed by atoms with van der Waals surface area (Å²) < 4.78 is 13.7. The maximum atomic E-state index is 13.7. The molecule has 0 unspecified atom stereocenters. The maximum absolute atomic E-state index is 13.7. The Morgan fingerprint density at radius 2 is 1.90 bits per heavy atom. The second-order valence-electron chi connectivity index (χ2n) is 5.38. The summed E-state index contributed by atoms with van der Waals surface area (Å²) in [5, 5.41) is 0.429. The van der Waals surface area contributed by atoms with Crippen LogP contribution < -0.4 is 0 Å². The molecule has 3 rings (SSSR count). The molecule has 1 aromatic heterocycles. The summed E-state index contributed by atoms with van der Waals surface area (Å²) in [7, 11) is 0. The summed E-state index contributed by atoms with van der Waals surface area (Å²) in [5.41, 5.74) is 2.28. The highest BCUT2D eigenvalue weighted by Crippen LogP contribution is 2.34. The van der Waals surface area contributed by atoms with Crippen LogP contribution in [0.25, 0.3) is 11.4 Å². The number of hydrogen-bond donors (Lipinski definition) is 0. The lowest BCUT2D eigenvalue weighted by Gasteiger charge is -2.11. The minimum atomic E-state index is -0.242. The Hall–Kier alpha value is -1.48. The lowest BCUT2D eigenvalue weighted by molar-refractivity contribution is 0.619. The van der Waals surface area contributed by atoms with Gasteiger partial charge in [-0.3, -0.25) is 0 Å². The van der Waals surface area contributed by atoms with Gasteiger partial charge in [0, 0.05) is 17.2 Å². The normalized spacial score (nSPS) is 15.8. The average molecular weight is 291 g/mol. The third kappa shape index (κ3) is 2.68. The van der Waals surface area contributed by atoms with E-state index in [9.17, 15) is 4.39 Å². The number of halogens is 2. The number of nitrogens with zero attached hydrogens (tertiary/aromatic N) is 2. The topological polar surface area (TPSA) is 25.8 Å². The molecule has 1 fully saturated rings. The fourth-order valence-electron chi connectivity index (χ4n) is 2.73. The van der Waals surface area contributed by atoms with Crippen LogP contribution in [0.2, 0.25) is 5.15 Å². The Balaban J connectivity index is 2.02. The number of hydrogen-bond acceptors (Lipinski definition) is 2. The highest BCUT2D eigenvalue weighted by atomic mass is 35.5. The van der Waals surface area contributed by atoms with E-state index in [1.54, 1.807) is 13.0 Å². The Labute approximate surface area is 123 Å². The summed E-state index contributed by atoms with van der Waals surface area (Å²) in [6.45, 7) is 1.74. The lowest BCUT2D eigenvalue weighted by atomic mass is 10.0. The van der Waals surface area contributed by atoms with E-state index in [2.05, 4.69) is 9.97 Å². The number of benzene rings is 1. The van der Waals surface area contributed by atoms with Crippen molar-refractivity contribution in [2.75, 3.05) is 0 Å². The van der Waals surface area contributed by atoms with Crippen LogP contribution in [0.1, 0.15) is 42.9 Å². The van der Waals surface area contributed by atoms with Crippen molar-refractivity contribution in [3.63, 3.8) is 0 Å². The van der Waals surface area contributed by atoms with E-state index in [1.165, 1.54) is 18.9 Å². The van der Waals surface area contributed by atoms with Crippen molar-refractivity contribution in [1.29, 1.82) is 0 Å². The van der Waals surface area contributed by atoms with Gasteiger partial charge in [-0.05, 0) is 37.5 Å². The molecule has 0 saturated heterocycles. The van der Waals surface area contributed by atoms with Crippen LogP contribution in [-0.4, -0.2) is 9.97 Å². The highest BCUT2D eigenvalue weighted by Gasteiger charge is 2.20. The van der Waals surface area contributed by atoms with Crippen LogP contribution in [0.15, 0.2) is 24.3 Å². The van der Waals surface area contributed by atoms with E-state index in [4.69, 9.17) is 11.6 Å². The number of aryl methyl sites for hydroxylation is 1. The van der Waals surface area contributed by atoms with Gasteiger partial charge in [0.2, 0.25) is 0 Å². The van der Waals surface area contributed by atoms with Crippen molar-refractivity contribution in [2.24, 2.45) is 0 Å². The molecular weight excluding hydrogens is 275 g/mol. The molecule has 1 heterocycles. The second-order valence-corrected chi connectivity index (χ2v) is 5.77. The summed E-state index contributed by atoms with van der Waals surface area (Å²) in [6.07, 6.45) is 4.77. The van der Waals surface area contributed by atoms with Crippen molar-refractivity contribution in [3.05, 3.63) is 46.5 Å². The lowest BCUT2D eigenvalue weighted by Crippen LogP contribution is -2.01. The monoisotopic (exact) mass is 290 g/mol. The number of aromatic nitrogens is 2. The molecule has 1 aromatic carbocycles. The Kier molecular flexibility index (Phi) is 3.70. The van der Waals surface area contributed by atoms with Crippen LogP contribution in [0.4, 0.5) is 4.39 Å². The Morgan fingerprint density at radius 3 is 2.60 bits per heavy atom. The standard InChI is InChI=1S/C16H16ClFN2/c1-10-6-7-12(8-13(10)18)16-19-14(9-15(17)20-16)11-4-2-3-5-11/h6-9,11H,2-5H2,1H3. The van der Waals surface area contributed by atoms with Crippen LogP contribution in [0.5, 0.6) is 0 Å². The SMILES string of the molecule is Cc1ccc(-c2nc(Cl)cc(C3CCCC3)n2)cc1F. The van der Waals surface area contributed by atoms with E-state index in [-0.39, 0.29) is 5.82 Å². The largest absolute Gasteiger partial charge is 0.233 e. The minimum Gasteiger partial charge on any atom is -0.233 e. The Morgan fingerprint density at radius 1 is 1.15 bits per heavy atom. The van der Waals surface area contributed by atoms with Crippen molar-refractivity contribution in [3.8, 4) is 11.4 Å². The molecule has 20 heavy (non-hydrogen) atoms. The van der Waals surface area contributed by atoms with Gasteiger partial charge in [-0.2, -0.15) is 0 Å². The van der Waals surface area contributed by atoms with E-state index in [0.717, 1.165) is 18.5 Å². The molecule has 0 amide bonds. The van der Waals surface area contributed by atoms with Crippen molar-refractivity contribution in [1.82, 2.24) is 9.97 Å². The predicted molar refractivity (Wildman–Crippen MR) is 78.4 cm³/mol. The van der Waals surface area contributed by atoms with Crippen molar-refractivity contribution >= 4 is 11.6 Å². The van der Waals surface area contributed by atoms with Crippen LogP contribution in [-0.2, 0) is 0 Å². The molecule has 1 aliphatic rings. The molecule has 4 heteroatoms. The molecular formula is C16H16ClFN2. The molecule has 2 nitrogen and oxygen atoms in total. The molecule has 104 valence electrons. The first-order valence-corrected chi connectivity index (χ1v) is 7.32. The zero-order valence-corrected chi connectivity index (χ0v) is 12.1. The maximum Gasteiger partial charge on any atom is 0.161 e. The quantitative estimate of drug-likeness (QED) is 0.735. The van der Waals surface area contributed by atoms with Gasteiger partial charge in [0.15, 0.2) is 5.82 Å². The van der Waals surface area contributed by atoms with Gasteiger partial charge in [0.05, 0.1) is 0 Å². The summed E-state index contributed by atoms with van der Waals surface area (Å²) in [5.74, 6) is 0.733. The zero-order chi connectivity index (χ0) is 14.1. The van der Waals surface area contributed by atoms with E-state index in [0.29, 0.717) is 28.0 Å². The summed E-state index contributed by atoms with van der Waals surface area (Å²) in [4.78, 5) is 8.83. The first kappa shape index (κ1) is 13.5. The first-order chi connectivity index (χ1) is 9.63. The van der Waals surface area contributed by atoms with Gasteiger partial charge in [-0.1, -0.05) is 36.6 Å². The highest BCUT2D eigenvalue weighted by molar-refractivity contribution is 6.29. The zero-order valence-electron chi connectivity index (χ0n) is 11.4. The molecule has 1 saturated carbocycles. The minimum absolute atomic E-state index is 0.242. The van der Waals surface area contributed by atoms with E-state index >= 15 is 0 Å². The smallest absolute Gasteiger partial charge is 0.161 e. The molecule has 0 aliphatic heterocycles. The van der Waals surface area contributed by atoms with Crippen LogP contribution >= 0.6 is 11.6 Å². The van der Waals surface area contributed by atoms with Gasteiger partial charge < -0.3 is 0 Å². The fraction of sp³-hybridized carbons (Fsp3) is 0.375. The van der Waals surface area contributed by atoms with Crippen LogP contribution in [0.3, 0.4) is 0 Å². The average Bonchev–Trinajstić information content (AvgIpc) is 2.95.